The normalized spacial score (nSPS) is 21.0. The summed E-state index contributed by atoms with van der Waals surface area (Å²) in [5.74, 6) is -0.491. The Labute approximate surface area is 132 Å². The number of hydrogen-bond acceptors (Lipinski definition) is 7. The number of nitrogens with zero attached hydrogens (tertiary/aromatic N) is 2. The second-order valence-corrected chi connectivity index (χ2v) is 5.61. The third-order valence-corrected chi connectivity index (χ3v) is 4.35. The van der Waals surface area contributed by atoms with E-state index in [1.807, 2.05) is 0 Å². The Balaban J connectivity index is 2.72. The predicted molar refractivity (Wildman–Crippen MR) is 83.5 cm³/mol. The largest absolute Gasteiger partial charge is 0.493 e. The Morgan fingerprint density at radius 3 is 2.55 bits per heavy atom. The van der Waals surface area contributed by atoms with Crippen molar-refractivity contribution in [3.05, 3.63) is 34.4 Å². The molecular weight excluding hydrogens is 300 g/mol. The van der Waals surface area contributed by atoms with Gasteiger partial charge in [0.2, 0.25) is 0 Å². The first-order valence-electron chi connectivity index (χ1n) is 6.35. The number of thioether (sulfide) groups is 1. The number of benzene rings is 1. The lowest BCUT2D eigenvalue weighted by Crippen LogP contribution is -2.27. The van der Waals surface area contributed by atoms with Crippen molar-refractivity contribution in [1.82, 2.24) is 0 Å². The highest BCUT2D eigenvalue weighted by Gasteiger charge is 2.39. The maximum absolute atomic E-state index is 9.43. The van der Waals surface area contributed by atoms with Crippen LogP contribution in [0.3, 0.4) is 0 Å². The quantitative estimate of drug-likeness (QED) is 0.884. The van der Waals surface area contributed by atoms with E-state index < -0.39 is 11.8 Å². The Morgan fingerprint density at radius 1 is 1.27 bits per heavy atom. The summed E-state index contributed by atoms with van der Waals surface area (Å²) in [6, 6.07) is 9.39. The number of allylic oxidation sites excluding steroid dienone is 1. The van der Waals surface area contributed by atoms with Crippen LogP contribution >= 0.6 is 11.8 Å². The lowest BCUT2D eigenvalue weighted by Gasteiger charge is -2.29. The standard InChI is InChI=1S/C15H14N4O2S/c1-20-11-5-3-4-8(13(11)21-2)12-9(6-16)14(18)22-15(19)10(12)7-17/h3-5,9,12,18H,19H2,1-2H3/t9-,12-/m1/s1. The van der Waals surface area contributed by atoms with Crippen molar-refractivity contribution >= 4 is 16.8 Å². The van der Waals surface area contributed by atoms with Crippen molar-refractivity contribution in [2.24, 2.45) is 11.7 Å². The zero-order valence-electron chi connectivity index (χ0n) is 12.1. The fraction of sp³-hybridized carbons (Fsp3) is 0.267. The van der Waals surface area contributed by atoms with Crippen molar-refractivity contribution in [1.29, 1.82) is 15.9 Å². The van der Waals surface area contributed by atoms with E-state index in [1.165, 1.54) is 14.2 Å². The van der Waals surface area contributed by atoms with E-state index in [1.54, 1.807) is 18.2 Å². The molecule has 0 aromatic heterocycles. The molecule has 22 heavy (non-hydrogen) atoms. The zero-order valence-corrected chi connectivity index (χ0v) is 12.9. The number of nitrogens with two attached hydrogens (primary N) is 1. The van der Waals surface area contributed by atoms with Gasteiger partial charge in [-0.25, -0.2) is 0 Å². The molecule has 1 aliphatic heterocycles. The van der Waals surface area contributed by atoms with E-state index >= 15 is 0 Å². The molecule has 112 valence electrons. The first-order valence-corrected chi connectivity index (χ1v) is 7.17. The molecule has 0 aliphatic carbocycles. The zero-order chi connectivity index (χ0) is 16.3. The molecule has 6 nitrogen and oxygen atoms in total. The molecular formula is C15H14N4O2S. The van der Waals surface area contributed by atoms with Gasteiger partial charge in [-0.2, -0.15) is 10.5 Å². The summed E-state index contributed by atoms with van der Waals surface area (Å²) in [6.45, 7) is 0. The molecule has 1 heterocycles. The summed E-state index contributed by atoms with van der Waals surface area (Å²) < 4.78 is 10.7. The van der Waals surface area contributed by atoms with Gasteiger partial charge in [-0.1, -0.05) is 23.9 Å². The van der Waals surface area contributed by atoms with Crippen LogP contribution in [0.1, 0.15) is 11.5 Å². The first kappa shape index (κ1) is 15.7. The lowest BCUT2D eigenvalue weighted by atomic mass is 9.81. The van der Waals surface area contributed by atoms with Crippen LogP contribution in [-0.2, 0) is 0 Å². The SMILES string of the molecule is COc1cccc([C@H]2C(C#N)=C(N)SC(=N)[C@@H]2C#N)c1OC. The van der Waals surface area contributed by atoms with Crippen molar-refractivity contribution in [2.45, 2.75) is 5.92 Å². The van der Waals surface area contributed by atoms with Crippen LogP contribution in [0.25, 0.3) is 0 Å². The third-order valence-electron chi connectivity index (χ3n) is 3.44. The van der Waals surface area contributed by atoms with Crippen LogP contribution in [0.5, 0.6) is 11.5 Å². The average molecular weight is 314 g/mol. The van der Waals surface area contributed by atoms with Gasteiger partial charge < -0.3 is 15.2 Å². The smallest absolute Gasteiger partial charge is 0.164 e. The molecule has 0 radical (unpaired) electrons. The van der Waals surface area contributed by atoms with Crippen LogP contribution in [0, 0.1) is 34.0 Å². The minimum absolute atomic E-state index is 0.119. The lowest BCUT2D eigenvalue weighted by molar-refractivity contribution is 0.350. The van der Waals surface area contributed by atoms with Crippen LogP contribution in [0.2, 0.25) is 0 Å². The second kappa shape index (κ2) is 6.42. The maximum Gasteiger partial charge on any atom is 0.164 e. The van der Waals surface area contributed by atoms with Gasteiger partial charge in [0.1, 0.15) is 5.92 Å². The van der Waals surface area contributed by atoms with Gasteiger partial charge in [0.15, 0.2) is 11.5 Å². The Bertz CT molecular complexity index is 730. The molecule has 3 N–H and O–H groups in total. The van der Waals surface area contributed by atoms with Gasteiger partial charge in [0.05, 0.1) is 42.0 Å². The molecule has 1 aromatic rings. The van der Waals surface area contributed by atoms with E-state index in [-0.39, 0.29) is 15.6 Å². The summed E-state index contributed by atoms with van der Waals surface area (Å²) >= 11 is 0.952. The van der Waals surface area contributed by atoms with Gasteiger partial charge in [-0.15, -0.1) is 0 Å². The highest BCUT2D eigenvalue weighted by Crippen LogP contribution is 2.47. The molecule has 1 aliphatic rings. The topological polar surface area (TPSA) is 116 Å². The Hall–Kier alpha value is -2.64. The molecule has 0 fully saturated rings. The highest BCUT2D eigenvalue weighted by molar-refractivity contribution is 8.17. The van der Waals surface area contributed by atoms with Crippen molar-refractivity contribution < 1.29 is 9.47 Å². The summed E-state index contributed by atoms with van der Waals surface area (Å²) in [4.78, 5) is 0. The third kappa shape index (κ3) is 2.47. The number of para-hydroxylation sites is 1. The molecule has 0 spiro atoms. The van der Waals surface area contributed by atoms with Crippen molar-refractivity contribution in [3.8, 4) is 23.6 Å². The van der Waals surface area contributed by atoms with Crippen molar-refractivity contribution in [2.75, 3.05) is 14.2 Å². The minimum Gasteiger partial charge on any atom is -0.493 e. The fourth-order valence-corrected chi connectivity index (χ4v) is 3.29. The van der Waals surface area contributed by atoms with Gasteiger partial charge in [0.25, 0.3) is 0 Å². The molecule has 0 saturated heterocycles. The molecule has 2 atom stereocenters. The van der Waals surface area contributed by atoms with Crippen molar-refractivity contribution in [3.63, 3.8) is 0 Å². The van der Waals surface area contributed by atoms with Crippen LogP contribution in [0.15, 0.2) is 28.8 Å². The number of hydrogen-bond donors (Lipinski definition) is 2. The Kier molecular flexibility index (Phi) is 4.59. The van der Waals surface area contributed by atoms with Gasteiger partial charge >= 0.3 is 0 Å². The van der Waals surface area contributed by atoms with E-state index in [0.29, 0.717) is 17.1 Å². The monoisotopic (exact) mass is 314 g/mol. The molecule has 0 amide bonds. The van der Waals surface area contributed by atoms with E-state index in [4.69, 9.17) is 20.6 Å². The number of ether oxygens (including phenoxy) is 2. The Morgan fingerprint density at radius 2 is 2.00 bits per heavy atom. The summed E-state index contributed by atoms with van der Waals surface area (Å²) in [5, 5.41) is 27.2. The number of nitriles is 2. The molecule has 0 unspecified atom stereocenters. The van der Waals surface area contributed by atoms with E-state index in [2.05, 4.69) is 12.1 Å². The van der Waals surface area contributed by atoms with E-state index in [9.17, 15) is 10.5 Å². The summed E-state index contributed by atoms with van der Waals surface area (Å²) in [5.41, 5.74) is 6.77. The summed E-state index contributed by atoms with van der Waals surface area (Å²) in [6.07, 6.45) is 0. The van der Waals surface area contributed by atoms with Gasteiger partial charge in [0, 0.05) is 11.5 Å². The van der Waals surface area contributed by atoms with Gasteiger partial charge in [-0.3, -0.25) is 5.41 Å². The fourth-order valence-electron chi connectivity index (χ4n) is 2.46. The van der Waals surface area contributed by atoms with Crippen LogP contribution < -0.4 is 15.2 Å². The number of nitrogens with one attached hydrogen (secondary N) is 1. The second-order valence-electron chi connectivity index (χ2n) is 4.52. The van der Waals surface area contributed by atoms with Crippen LogP contribution in [-0.4, -0.2) is 19.3 Å². The summed E-state index contributed by atoms with van der Waals surface area (Å²) in [7, 11) is 3.00. The van der Waals surface area contributed by atoms with E-state index in [0.717, 1.165) is 11.8 Å². The molecule has 1 aromatic carbocycles. The number of rotatable bonds is 3. The minimum atomic E-state index is -0.784. The first-order chi connectivity index (χ1) is 10.6. The average Bonchev–Trinajstić information content (AvgIpc) is 2.53. The molecule has 2 rings (SSSR count). The predicted octanol–water partition coefficient (Wildman–Crippen LogP) is 2.35. The highest BCUT2D eigenvalue weighted by atomic mass is 32.2. The molecule has 0 saturated carbocycles. The maximum atomic E-state index is 9.43. The molecule has 0 bridgehead atoms. The van der Waals surface area contributed by atoms with Crippen LogP contribution in [0.4, 0.5) is 0 Å². The number of methoxy groups -OCH3 is 2. The molecule has 7 heteroatoms. The van der Waals surface area contributed by atoms with Gasteiger partial charge in [-0.05, 0) is 6.07 Å².